The van der Waals surface area contributed by atoms with Crippen LogP contribution in [-0.2, 0) is 13.1 Å². The molecule has 0 amide bonds. The standard InChI is InChI=1S/C26H21N7O/c27-26-30-24-23(32(17-29-24)14-19-5-8-20-3-1-2-4-21(20)13-19)25(34)33(26)15-18-6-9-22(10-7-18)31-12-11-28-16-31/h1-13,16-17H,14-15H2,(H2,27,30). The number of nitrogen functional groups attached to an aromatic ring is 1. The first kappa shape index (κ1) is 19.9. The van der Waals surface area contributed by atoms with Crippen LogP contribution in [0.15, 0.2) is 96.6 Å². The third kappa shape index (κ3) is 3.51. The Labute approximate surface area is 194 Å². The topological polar surface area (TPSA) is 96.5 Å². The molecule has 0 saturated carbocycles. The molecule has 3 aromatic carbocycles. The van der Waals surface area contributed by atoms with Crippen LogP contribution in [0.25, 0.3) is 27.6 Å². The average Bonchev–Trinajstić information content (AvgIpc) is 3.53. The molecule has 2 N–H and O–H groups in total. The first-order valence-electron chi connectivity index (χ1n) is 10.9. The highest BCUT2D eigenvalue weighted by atomic mass is 16.1. The van der Waals surface area contributed by atoms with Gasteiger partial charge in [0.1, 0.15) is 0 Å². The Kier molecular flexibility index (Phi) is 4.69. The van der Waals surface area contributed by atoms with Gasteiger partial charge in [-0.05, 0) is 40.1 Å². The minimum Gasteiger partial charge on any atom is -0.369 e. The Morgan fingerprint density at radius 2 is 1.65 bits per heavy atom. The summed E-state index contributed by atoms with van der Waals surface area (Å²) in [5.74, 6) is 0.146. The molecule has 0 unspecified atom stereocenters. The first-order chi connectivity index (χ1) is 16.7. The molecule has 0 aliphatic rings. The first-order valence-corrected chi connectivity index (χ1v) is 10.9. The maximum atomic E-state index is 13.5. The summed E-state index contributed by atoms with van der Waals surface area (Å²) in [6.07, 6.45) is 7.01. The fourth-order valence-corrected chi connectivity index (χ4v) is 4.25. The van der Waals surface area contributed by atoms with Crippen LogP contribution in [0.1, 0.15) is 11.1 Å². The maximum Gasteiger partial charge on any atom is 0.281 e. The van der Waals surface area contributed by atoms with Crippen molar-refractivity contribution in [2.45, 2.75) is 13.1 Å². The Morgan fingerprint density at radius 1 is 0.853 bits per heavy atom. The van der Waals surface area contributed by atoms with Crippen LogP contribution in [0.2, 0.25) is 0 Å². The summed E-state index contributed by atoms with van der Waals surface area (Å²) in [6, 6.07) is 22.4. The van der Waals surface area contributed by atoms with Gasteiger partial charge in [0.05, 0.1) is 19.2 Å². The zero-order valence-electron chi connectivity index (χ0n) is 18.2. The normalized spacial score (nSPS) is 11.4. The lowest BCUT2D eigenvalue weighted by molar-refractivity contribution is 0.747. The quantitative estimate of drug-likeness (QED) is 0.436. The molecule has 0 atom stereocenters. The van der Waals surface area contributed by atoms with E-state index in [0.717, 1.165) is 22.2 Å². The van der Waals surface area contributed by atoms with E-state index < -0.39 is 0 Å². The van der Waals surface area contributed by atoms with E-state index in [-0.39, 0.29) is 11.5 Å². The van der Waals surface area contributed by atoms with Crippen molar-refractivity contribution in [3.63, 3.8) is 0 Å². The minimum absolute atomic E-state index is 0.146. The highest BCUT2D eigenvalue weighted by Crippen LogP contribution is 2.18. The monoisotopic (exact) mass is 447 g/mol. The van der Waals surface area contributed by atoms with Crippen molar-refractivity contribution < 1.29 is 0 Å². The maximum absolute atomic E-state index is 13.5. The molecule has 0 radical (unpaired) electrons. The molecule has 6 aromatic rings. The van der Waals surface area contributed by atoms with E-state index in [1.54, 1.807) is 18.9 Å². The van der Waals surface area contributed by atoms with Crippen LogP contribution in [0, 0.1) is 0 Å². The van der Waals surface area contributed by atoms with E-state index in [2.05, 4.69) is 45.3 Å². The molecule has 0 saturated heterocycles. The van der Waals surface area contributed by atoms with Gasteiger partial charge in [0, 0.05) is 24.6 Å². The molecule has 0 bridgehead atoms. The van der Waals surface area contributed by atoms with Crippen LogP contribution in [-0.4, -0.2) is 28.7 Å². The van der Waals surface area contributed by atoms with Gasteiger partial charge in [0.15, 0.2) is 11.2 Å². The lowest BCUT2D eigenvalue weighted by atomic mass is 10.1. The molecule has 8 heteroatoms. The van der Waals surface area contributed by atoms with E-state index in [1.807, 2.05) is 51.7 Å². The summed E-state index contributed by atoms with van der Waals surface area (Å²) in [5, 5.41) is 2.33. The van der Waals surface area contributed by atoms with Crippen molar-refractivity contribution in [2.24, 2.45) is 0 Å². The molecule has 6 rings (SSSR count). The highest BCUT2D eigenvalue weighted by Gasteiger charge is 2.15. The van der Waals surface area contributed by atoms with Crippen molar-refractivity contribution in [1.29, 1.82) is 0 Å². The smallest absolute Gasteiger partial charge is 0.281 e. The molecule has 0 spiro atoms. The fraction of sp³-hybridized carbons (Fsp3) is 0.0769. The van der Waals surface area contributed by atoms with Gasteiger partial charge >= 0.3 is 0 Å². The summed E-state index contributed by atoms with van der Waals surface area (Å²) in [7, 11) is 0. The van der Waals surface area contributed by atoms with Gasteiger partial charge in [-0.2, -0.15) is 4.98 Å². The van der Waals surface area contributed by atoms with Crippen molar-refractivity contribution in [1.82, 2.24) is 28.7 Å². The number of hydrogen-bond acceptors (Lipinski definition) is 5. The Hall–Kier alpha value is -4.72. The summed E-state index contributed by atoms with van der Waals surface area (Å²) < 4.78 is 5.25. The Bertz CT molecular complexity index is 1680. The predicted molar refractivity (Wildman–Crippen MR) is 132 cm³/mol. The zero-order valence-corrected chi connectivity index (χ0v) is 18.2. The van der Waals surface area contributed by atoms with Crippen molar-refractivity contribution in [3.8, 4) is 5.69 Å². The van der Waals surface area contributed by atoms with E-state index >= 15 is 0 Å². The van der Waals surface area contributed by atoms with Gasteiger partial charge in [-0.3, -0.25) is 9.36 Å². The number of nitrogens with zero attached hydrogens (tertiary/aromatic N) is 6. The average molecular weight is 448 g/mol. The number of anilines is 1. The predicted octanol–water partition coefficient (Wildman–Crippen LogP) is 3.61. The Morgan fingerprint density at radius 3 is 2.44 bits per heavy atom. The molecule has 0 aliphatic heterocycles. The molecule has 3 heterocycles. The lowest BCUT2D eigenvalue weighted by Crippen LogP contribution is -2.26. The molecule has 3 aromatic heterocycles. The number of rotatable bonds is 5. The van der Waals surface area contributed by atoms with Crippen molar-refractivity contribution >= 4 is 27.9 Å². The molecular weight excluding hydrogens is 426 g/mol. The second-order valence-corrected chi connectivity index (χ2v) is 8.22. The van der Waals surface area contributed by atoms with E-state index in [0.29, 0.717) is 24.3 Å². The Balaban J connectivity index is 1.34. The van der Waals surface area contributed by atoms with Gasteiger partial charge in [0.2, 0.25) is 5.95 Å². The summed E-state index contributed by atoms with van der Waals surface area (Å²) in [6.45, 7) is 0.834. The lowest BCUT2D eigenvalue weighted by Gasteiger charge is -2.11. The van der Waals surface area contributed by atoms with E-state index in [4.69, 9.17) is 5.73 Å². The van der Waals surface area contributed by atoms with Crippen molar-refractivity contribution in [2.75, 3.05) is 5.73 Å². The third-order valence-electron chi connectivity index (χ3n) is 6.01. The van der Waals surface area contributed by atoms with Gasteiger partial charge in [-0.15, -0.1) is 0 Å². The van der Waals surface area contributed by atoms with Crippen LogP contribution < -0.4 is 11.3 Å². The number of aromatic nitrogens is 6. The van der Waals surface area contributed by atoms with Gasteiger partial charge in [-0.1, -0.05) is 48.5 Å². The van der Waals surface area contributed by atoms with E-state index in [1.165, 1.54) is 9.95 Å². The van der Waals surface area contributed by atoms with E-state index in [9.17, 15) is 4.79 Å². The van der Waals surface area contributed by atoms with Crippen LogP contribution in [0.4, 0.5) is 5.95 Å². The summed E-state index contributed by atoms with van der Waals surface area (Å²) >= 11 is 0. The molecule has 166 valence electrons. The molecule has 8 nitrogen and oxygen atoms in total. The number of nitrogens with two attached hydrogens (primary N) is 1. The summed E-state index contributed by atoms with van der Waals surface area (Å²) in [5.41, 5.74) is 9.76. The van der Waals surface area contributed by atoms with Crippen LogP contribution in [0.3, 0.4) is 0 Å². The van der Waals surface area contributed by atoms with Gasteiger partial charge in [-0.25, -0.2) is 9.97 Å². The SMILES string of the molecule is Nc1nc2ncn(Cc3ccc4ccccc4c3)c2c(=O)n1Cc1ccc(-n2ccnc2)cc1. The van der Waals surface area contributed by atoms with Gasteiger partial charge in [0.25, 0.3) is 5.56 Å². The number of imidazole rings is 2. The molecular formula is C26H21N7O. The highest BCUT2D eigenvalue weighted by molar-refractivity contribution is 5.83. The van der Waals surface area contributed by atoms with Crippen LogP contribution >= 0.6 is 0 Å². The largest absolute Gasteiger partial charge is 0.369 e. The number of fused-ring (bicyclic) bond motifs is 2. The van der Waals surface area contributed by atoms with Crippen molar-refractivity contribution in [3.05, 3.63) is 113 Å². The summed E-state index contributed by atoms with van der Waals surface area (Å²) in [4.78, 5) is 26.3. The number of hydrogen-bond donors (Lipinski definition) is 1. The second-order valence-electron chi connectivity index (χ2n) is 8.22. The van der Waals surface area contributed by atoms with Crippen LogP contribution in [0.5, 0.6) is 0 Å². The van der Waals surface area contributed by atoms with Gasteiger partial charge < -0.3 is 14.9 Å². The molecule has 0 aliphatic carbocycles. The molecule has 0 fully saturated rings. The third-order valence-corrected chi connectivity index (χ3v) is 6.01. The number of benzene rings is 3. The second kappa shape index (κ2) is 8.00. The molecule has 34 heavy (non-hydrogen) atoms. The fourth-order valence-electron chi connectivity index (χ4n) is 4.25. The minimum atomic E-state index is -0.209. The zero-order chi connectivity index (χ0) is 23.1.